The molecule has 1 aliphatic rings. The topological polar surface area (TPSA) is 74.0 Å². The molecule has 1 saturated heterocycles. The van der Waals surface area contributed by atoms with E-state index in [1.807, 2.05) is 84.2 Å². The van der Waals surface area contributed by atoms with Gasteiger partial charge in [-0.15, -0.1) is 0 Å². The van der Waals surface area contributed by atoms with Gasteiger partial charge in [-0.3, -0.25) is 4.79 Å². The van der Waals surface area contributed by atoms with Crippen LogP contribution in [0.1, 0.15) is 33.6 Å². The number of fused-ring (bicyclic) bond motifs is 1. The lowest BCUT2D eigenvalue weighted by atomic mass is 10.0. The van der Waals surface area contributed by atoms with Crippen LogP contribution in [0.3, 0.4) is 0 Å². The van der Waals surface area contributed by atoms with Crippen molar-refractivity contribution in [2.45, 2.75) is 25.6 Å². The molecule has 0 aliphatic carbocycles. The SMILES string of the molecule is N#Cc1ccc(Cn2cncc2CN[C@H]2CCN(C(=O)c3cccc4ccccc34)C2)cc1. The van der Waals surface area contributed by atoms with Gasteiger partial charge in [-0.2, -0.15) is 5.26 Å². The van der Waals surface area contributed by atoms with Crippen LogP contribution in [-0.4, -0.2) is 39.5 Å². The minimum absolute atomic E-state index is 0.0990. The number of nitrogens with zero attached hydrogens (tertiary/aromatic N) is 4. The molecular formula is C27H25N5O. The van der Waals surface area contributed by atoms with Gasteiger partial charge < -0.3 is 14.8 Å². The minimum Gasteiger partial charge on any atom is -0.337 e. The first kappa shape index (κ1) is 20.9. The van der Waals surface area contributed by atoms with E-state index in [1.165, 1.54) is 0 Å². The van der Waals surface area contributed by atoms with Crippen molar-refractivity contribution >= 4 is 16.7 Å². The number of hydrogen-bond donors (Lipinski definition) is 1. The van der Waals surface area contributed by atoms with Gasteiger partial charge in [0.25, 0.3) is 5.91 Å². The van der Waals surface area contributed by atoms with Crippen LogP contribution in [0.2, 0.25) is 0 Å². The fourth-order valence-corrected chi connectivity index (χ4v) is 4.46. The third-order valence-corrected chi connectivity index (χ3v) is 6.30. The smallest absolute Gasteiger partial charge is 0.254 e. The maximum Gasteiger partial charge on any atom is 0.254 e. The standard InChI is InChI=1S/C27H25N5O/c28-14-20-8-10-21(11-9-20)17-32-19-29-15-24(32)16-30-23-12-13-31(18-23)27(33)26-7-3-5-22-4-1-2-6-25(22)26/h1-11,15,19,23,30H,12-13,16-18H2/t23-/m0/s1. The number of rotatable bonds is 6. The highest BCUT2D eigenvalue weighted by atomic mass is 16.2. The molecular weight excluding hydrogens is 410 g/mol. The van der Waals surface area contributed by atoms with Crippen molar-refractivity contribution in [3.05, 3.63) is 102 Å². The van der Waals surface area contributed by atoms with Crippen LogP contribution in [0.25, 0.3) is 10.8 Å². The molecule has 6 nitrogen and oxygen atoms in total. The van der Waals surface area contributed by atoms with Gasteiger partial charge in [0.05, 0.1) is 23.7 Å². The lowest BCUT2D eigenvalue weighted by Crippen LogP contribution is -2.35. The molecule has 1 fully saturated rings. The second-order valence-electron chi connectivity index (χ2n) is 8.47. The summed E-state index contributed by atoms with van der Waals surface area (Å²) >= 11 is 0. The van der Waals surface area contributed by atoms with Gasteiger partial charge in [-0.05, 0) is 41.0 Å². The van der Waals surface area contributed by atoms with E-state index in [4.69, 9.17) is 5.26 Å². The van der Waals surface area contributed by atoms with E-state index < -0.39 is 0 Å². The summed E-state index contributed by atoms with van der Waals surface area (Å²) in [7, 11) is 0. The Morgan fingerprint density at radius 2 is 1.91 bits per heavy atom. The molecule has 0 bridgehead atoms. The predicted molar refractivity (Wildman–Crippen MR) is 128 cm³/mol. The first-order chi connectivity index (χ1) is 16.2. The molecule has 1 amide bonds. The Morgan fingerprint density at radius 3 is 2.76 bits per heavy atom. The van der Waals surface area contributed by atoms with Gasteiger partial charge in [0.2, 0.25) is 0 Å². The Hall–Kier alpha value is -3.95. The van der Waals surface area contributed by atoms with Gasteiger partial charge in [0.1, 0.15) is 0 Å². The maximum atomic E-state index is 13.2. The highest BCUT2D eigenvalue weighted by molar-refractivity contribution is 6.07. The number of hydrogen-bond acceptors (Lipinski definition) is 4. The van der Waals surface area contributed by atoms with Crippen LogP contribution in [0.15, 0.2) is 79.3 Å². The molecule has 5 rings (SSSR count). The summed E-state index contributed by atoms with van der Waals surface area (Å²) in [5, 5.41) is 14.7. The Kier molecular flexibility index (Phi) is 5.88. The van der Waals surface area contributed by atoms with Crippen LogP contribution in [0.4, 0.5) is 0 Å². The zero-order chi connectivity index (χ0) is 22.6. The first-order valence-corrected chi connectivity index (χ1v) is 11.2. The van der Waals surface area contributed by atoms with Crippen molar-refractivity contribution in [1.29, 1.82) is 5.26 Å². The van der Waals surface area contributed by atoms with E-state index in [-0.39, 0.29) is 11.9 Å². The zero-order valence-electron chi connectivity index (χ0n) is 18.3. The molecule has 3 aromatic carbocycles. The lowest BCUT2D eigenvalue weighted by molar-refractivity contribution is 0.0791. The fourth-order valence-electron chi connectivity index (χ4n) is 4.46. The van der Waals surface area contributed by atoms with Crippen molar-refractivity contribution in [3.63, 3.8) is 0 Å². The third-order valence-electron chi connectivity index (χ3n) is 6.30. The molecule has 2 heterocycles. The second-order valence-corrected chi connectivity index (χ2v) is 8.47. The van der Waals surface area contributed by atoms with E-state index in [1.54, 1.807) is 0 Å². The summed E-state index contributed by atoms with van der Waals surface area (Å²) in [6, 6.07) is 24.0. The Morgan fingerprint density at radius 1 is 1.09 bits per heavy atom. The van der Waals surface area contributed by atoms with Crippen LogP contribution < -0.4 is 5.32 Å². The molecule has 0 unspecified atom stereocenters. The second kappa shape index (κ2) is 9.27. The van der Waals surface area contributed by atoms with E-state index in [9.17, 15) is 4.79 Å². The molecule has 164 valence electrons. The number of carbonyl (C=O) groups is 1. The average molecular weight is 436 g/mol. The molecule has 33 heavy (non-hydrogen) atoms. The molecule has 0 spiro atoms. The normalized spacial score (nSPS) is 15.6. The van der Waals surface area contributed by atoms with E-state index in [0.717, 1.165) is 40.6 Å². The van der Waals surface area contributed by atoms with Crippen LogP contribution in [0.5, 0.6) is 0 Å². The maximum absolute atomic E-state index is 13.2. The molecule has 1 aromatic heterocycles. The molecule has 6 heteroatoms. The molecule has 1 atom stereocenters. The van der Waals surface area contributed by atoms with Crippen LogP contribution in [-0.2, 0) is 13.1 Å². The fraction of sp³-hybridized carbons (Fsp3) is 0.222. The lowest BCUT2D eigenvalue weighted by Gasteiger charge is -2.18. The number of likely N-dealkylation sites (tertiary alicyclic amines) is 1. The number of benzene rings is 3. The largest absolute Gasteiger partial charge is 0.337 e. The van der Waals surface area contributed by atoms with Crippen molar-refractivity contribution in [3.8, 4) is 6.07 Å². The van der Waals surface area contributed by atoms with Gasteiger partial charge >= 0.3 is 0 Å². The molecule has 1 N–H and O–H groups in total. The number of imidazole rings is 1. The minimum atomic E-state index is 0.0990. The van der Waals surface area contributed by atoms with Crippen LogP contribution in [0, 0.1) is 11.3 Å². The van der Waals surface area contributed by atoms with Gasteiger partial charge in [-0.1, -0.05) is 48.5 Å². The molecule has 4 aromatic rings. The number of aromatic nitrogens is 2. The Balaban J connectivity index is 1.20. The Bertz CT molecular complexity index is 1310. The quantitative estimate of drug-likeness (QED) is 0.498. The Labute approximate surface area is 193 Å². The summed E-state index contributed by atoms with van der Waals surface area (Å²) < 4.78 is 2.11. The average Bonchev–Trinajstić information content (AvgIpc) is 3.52. The monoisotopic (exact) mass is 435 g/mol. The molecule has 0 radical (unpaired) electrons. The highest BCUT2D eigenvalue weighted by Crippen LogP contribution is 2.22. The predicted octanol–water partition coefficient (Wildman–Crippen LogP) is 3.96. The van der Waals surface area contributed by atoms with Crippen molar-refractivity contribution in [2.75, 3.05) is 13.1 Å². The summed E-state index contributed by atoms with van der Waals surface area (Å²) in [5.41, 5.74) is 3.66. The number of nitrogens with one attached hydrogen (secondary N) is 1. The summed E-state index contributed by atoms with van der Waals surface area (Å²) in [5.74, 6) is 0.0990. The number of carbonyl (C=O) groups excluding carboxylic acids is 1. The summed E-state index contributed by atoms with van der Waals surface area (Å²) in [4.78, 5) is 19.5. The van der Waals surface area contributed by atoms with Crippen molar-refractivity contribution < 1.29 is 4.79 Å². The van der Waals surface area contributed by atoms with Crippen molar-refractivity contribution in [1.82, 2.24) is 19.8 Å². The highest BCUT2D eigenvalue weighted by Gasteiger charge is 2.27. The van der Waals surface area contributed by atoms with Gasteiger partial charge in [-0.25, -0.2) is 4.98 Å². The van der Waals surface area contributed by atoms with Gasteiger partial charge in [0, 0.05) is 44.0 Å². The molecule has 0 saturated carbocycles. The van der Waals surface area contributed by atoms with E-state index in [0.29, 0.717) is 25.2 Å². The number of amides is 1. The third kappa shape index (κ3) is 4.50. The summed E-state index contributed by atoms with van der Waals surface area (Å²) in [6.45, 7) is 2.85. The van der Waals surface area contributed by atoms with Crippen LogP contribution >= 0.6 is 0 Å². The molecule has 1 aliphatic heterocycles. The van der Waals surface area contributed by atoms with Crippen molar-refractivity contribution in [2.24, 2.45) is 0 Å². The van der Waals surface area contributed by atoms with Gasteiger partial charge in [0.15, 0.2) is 0 Å². The van der Waals surface area contributed by atoms with E-state index in [2.05, 4.69) is 20.9 Å². The zero-order valence-corrected chi connectivity index (χ0v) is 18.3. The number of nitriles is 1. The first-order valence-electron chi connectivity index (χ1n) is 11.2. The summed E-state index contributed by atoms with van der Waals surface area (Å²) in [6.07, 6.45) is 4.64. The van der Waals surface area contributed by atoms with E-state index >= 15 is 0 Å².